The van der Waals surface area contributed by atoms with Gasteiger partial charge in [-0.25, -0.2) is 14.8 Å². The zero-order valence-corrected chi connectivity index (χ0v) is 14.3. The number of hydrogen-bond donors (Lipinski definition) is 2. The van der Waals surface area contributed by atoms with Gasteiger partial charge in [0.15, 0.2) is 5.65 Å². The molecule has 0 saturated heterocycles. The number of rotatable bonds is 5. The van der Waals surface area contributed by atoms with Crippen LogP contribution in [0.5, 0.6) is 0 Å². The number of aromatic carboxylic acids is 1. The molecule has 4 aromatic rings. The van der Waals surface area contributed by atoms with Crippen LogP contribution < -0.4 is 5.32 Å². The lowest BCUT2D eigenvalue weighted by atomic mass is 10.1. The monoisotopic (exact) mass is 356 g/mol. The second-order valence-corrected chi connectivity index (χ2v) is 6.02. The highest BCUT2D eigenvalue weighted by Gasteiger charge is 2.06. The zero-order valence-electron chi connectivity index (χ0n) is 14.3. The molecule has 0 radical (unpaired) electrons. The maximum absolute atomic E-state index is 10.9. The smallest absolute Gasteiger partial charge is 0.335 e. The van der Waals surface area contributed by atoms with Crippen molar-refractivity contribution in [3.05, 3.63) is 84.1 Å². The fourth-order valence-electron chi connectivity index (χ4n) is 2.70. The molecule has 6 heteroatoms. The first kappa shape index (κ1) is 16.7. The maximum Gasteiger partial charge on any atom is 0.335 e. The predicted octanol–water partition coefficient (Wildman–Crippen LogP) is 4.00. The van der Waals surface area contributed by atoms with Crippen LogP contribution in [-0.4, -0.2) is 26.0 Å². The van der Waals surface area contributed by atoms with Crippen molar-refractivity contribution in [3.63, 3.8) is 0 Å². The molecule has 0 spiro atoms. The average Bonchev–Trinajstić information content (AvgIpc) is 2.72. The molecule has 0 aliphatic heterocycles. The number of aromatic nitrogens is 3. The standard InChI is InChI=1S/C21H16N4O2/c26-21(27)16-8-6-14(7-9-16)12-23-19-11-10-17-20(25-19)24-18(13-22-17)15-4-2-1-3-5-15/h1-11,13H,12H2,(H,26,27)(H,23,24,25). The molecule has 2 aromatic heterocycles. The number of fused-ring (bicyclic) bond motifs is 1. The fraction of sp³-hybridized carbons (Fsp3) is 0.0476. The van der Waals surface area contributed by atoms with E-state index in [4.69, 9.17) is 5.11 Å². The van der Waals surface area contributed by atoms with E-state index in [0.717, 1.165) is 22.3 Å². The van der Waals surface area contributed by atoms with Gasteiger partial charge in [-0.2, -0.15) is 0 Å². The van der Waals surface area contributed by atoms with Crippen LogP contribution in [0.1, 0.15) is 15.9 Å². The van der Waals surface area contributed by atoms with Crippen LogP contribution in [-0.2, 0) is 6.54 Å². The number of carboxylic acid groups (broad SMARTS) is 1. The zero-order chi connectivity index (χ0) is 18.6. The first-order valence-corrected chi connectivity index (χ1v) is 8.44. The van der Waals surface area contributed by atoms with Crippen LogP contribution in [0.25, 0.3) is 22.4 Å². The van der Waals surface area contributed by atoms with E-state index in [2.05, 4.69) is 20.3 Å². The number of benzene rings is 2. The summed E-state index contributed by atoms with van der Waals surface area (Å²) < 4.78 is 0. The first-order valence-electron chi connectivity index (χ1n) is 8.44. The van der Waals surface area contributed by atoms with Gasteiger partial charge in [0.25, 0.3) is 0 Å². The average molecular weight is 356 g/mol. The lowest BCUT2D eigenvalue weighted by molar-refractivity contribution is 0.0697. The molecular formula is C21H16N4O2. The lowest BCUT2D eigenvalue weighted by Crippen LogP contribution is -2.03. The number of carboxylic acids is 1. The quantitative estimate of drug-likeness (QED) is 0.562. The fourth-order valence-corrected chi connectivity index (χ4v) is 2.70. The van der Waals surface area contributed by atoms with E-state index in [1.54, 1.807) is 30.5 Å². The van der Waals surface area contributed by atoms with Crippen molar-refractivity contribution >= 4 is 23.0 Å². The van der Waals surface area contributed by atoms with Crippen LogP contribution in [0.2, 0.25) is 0 Å². The molecule has 0 aliphatic carbocycles. The molecule has 2 heterocycles. The maximum atomic E-state index is 10.9. The third-order valence-electron chi connectivity index (χ3n) is 4.15. The van der Waals surface area contributed by atoms with Crippen molar-refractivity contribution < 1.29 is 9.90 Å². The largest absolute Gasteiger partial charge is 0.478 e. The van der Waals surface area contributed by atoms with Gasteiger partial charge in [-0.3, -0.25) is 4.98 Å². The molecule has 0 saturated carbocycles. The summed E-state index contributed by atoms with van der Waals surface area (Å²) in [7, 11) is 0. The van der Waals surface area contributed by atoms with Gasteiger partial charge < -0.3 is 10.4 Å². The summed E-state index contributed by atoms with van der Waals surface area (Å²) in [5, 5.41) is 12.2. The molecule has 132 valence electrons. The second-order valence-electron chi connectivity index (χ2n) is 6.02. The summed E-state index contributed by atoms with van der Waals surface area (Å²) in [4.78, 5) is 24.5. The SMILES string of the molecule is O=C(O)c1ccc(CNc2ccc3ncc(-c4ccccc4)nc3n2)cc1. The summed E-state index contributed by atoms with van der Waals surface area (Å²) in [5.74, 6) is -0.247. The van der Waals surface area contributed by atoms with Crippen molar-refractivity contribution in [2.24, 2.45) is 0 Å². The van der Waals surface area contributed by atoms with Crippen LogP contribution in [0.15, 0.2) is 72.9 Å². The van der Waals surface area contributed by atoms with E-state index >= 15 is 0 Å². The molecule has 0 atom stereocenters. The Morgan fingerprint density at radius 3 is 2.44 bits per heavy atom. The summed E-state index contributed by atoms with van der Waals surface area (Å²) in [5.41, 5.74) is 4.30. The highest BCUT2D eigenvalue weighted by Crippen LogP contribution is 2.19. The number of nitrogens with one attached hydrogen (secondary N) is 1. The molecule has 27 heavy (non-hydrogen) atoms. The number of anilines is 1. The van der Waals surface area contributed by atoms with Gasteiger partial charge in [0.2, 0.25) is 0 Å². The number of carbonyl (C=O) groups is 1. The van der Waals surface area contributed by atoms with E-state index < -0.39 is 5.97 Å². The molecule has 6 nitrogen and oxygen atoms in total. The van der Waals surface area contributed by atoms with Gasteiger partial charge in [-0.15, -0.1) is 0 Å². The van der Waals surface area contributed by atoms with Crippen molar-refractivity contribution in [3.8, 4) is 11.3 Å². The Hall–Kier alpha value is -3.80. The minimum atomic E-state index is -0.932. The van der Waals surface area contributed by atoms with E-state index in [9.17, 15) is 4.79 Å². The third-order valence-corrected chi connectivity index (χ3v) is 4.15. The van der Waals surface area contributed by atoms with Gasteiger partial charge in [0.1, 0.15) is 11.3 Å². The molecule has 0 aliphatic rings. The van der Waals surface area contributed by atoms with Gasteiger partial charge in [-0.1, -0.05) is 42.5 Å². The van der Waals surface area contributed by atoms with Crippen molar-refractivity contribution in [1.82, 2.24) is 15.0 Å². The van der Waals surface area contributed by atoms with E-state index in [1.807, 2.05) is 42.5 Å². The normalized spacial score (nSPS) is 10.7. The molecule has 0 fully saturated rings. The number of pyridine rings is 1. The Balaban J connectivity index is 1.54. The summed E-state index contributed by atoms with van der Waals surface area (Å²) in [6, 6.07) is 20.3. The van der Waals surface area contributed by atoms with Gasteiger partial charge in [0, 0.05) is 12.1 Å². The minimum Gasteiger partial charge on any atom is -0.478 e. The van der Waals surface area contributed by atoms with Crippen LogP contribution >= 0.6 is 0 Å². The third kappa shape index (κ3) is 3.74. The van der Waals surface area contributed by atoms with E-state index in [1.165, 1.54) is 0 Å². The van der Waals surface area contributed by atoms with Crippen molar-refractivity contribution in [2.75, 3.05) is 5.32 Å². The minimum absolute atomic E-state index is 0.270. The molecule has 2 aromatic carbocycles. The molecule has 0 unspecified atom stereocenters. The molecule has 0 amide bonds. The Bertz CT molecular complexity index is 1100. The predicted molar refractivity (Wildman–Crippen MR) is 103 cm³/mol. The molecule has 4 rings (SSSR count). The van der Waals surface area contributed by atoms with Crippen LogP contribution in [0, 0.1) is 0 Å². The highest BCUT2D eigenvalue weighted by atomic mass is 16.4. The Morgan fingerprint density at radius 1 is 0.926 bits per heavy atom. The number of nitrogens with zero attached hydrogens (tertiary/aromatic N) is 3. The van der Waals surface area contributed by atoms with Crippen molar-refractivity contribution in [2.45, 2.75) is 6.54 Å². The first-order chi connectivity index (χ1) is 13.2. The van der Waals surface area contributed by atoms with Crippen LogP contribution in [0.3, 0.4) is 0 Å². The van der Waals surface area contributed by atoms with Crippen LogP contribution in [0.4, 0.5) is 5.82 Å². The summed E-state index contributed by atoms with van der Waals surface area (Å²) in [6.45, 7) is 0.532. The van der Waals surface area contributed by atoms with Gasteiger partial charge >= 0.3 is 5.97 Å². The van der Waals surface area contributed by atoms with E-state index in [-0.39, 0.29) is 5.56 Å². The Labute approximate surface area is 155 Å². The number of hydrogen-bond acceptors (Lipinski definition) is 5. The second kappa shape index (κ2) is 7.21. The molecular weight excluding hydrogens is 340 g/mol. The molecule has 0 bridgehead atoms. The lowest BCUT2D eigenvalue weighted by Gasteiger charge is -2.07. The topological polar surface area (TPSA) is 88.0 Å². The van der Waals surface area contributed by atoms with Gasteiger partial charge in [-0.05, 0) is 29.8 Å². The Kier molecular flexibility index (Phi) is 4.45. The summed E-state index contributed by atoms with van der Waals surface area (Å²) >= 11 is 0. The Morgan fingerprint density at radius 2 is 1.70 bits per heavy atom. The van der Waals surface area contributed by atoms with E-state index in [0.29, 0.717) is 18.0 Å². The molecule has 2 N–H and O–H groups in total. The van der Waals surface area contributed by atoms with Gasteiger partial charge in [0.05, 0.1) is 17.5 Å². The highest BCUT2D eigenvalue weighted by molar-refractivity contribution is 5.87. The summed E-state index contributed by atoms with van der Waals surface area (Å²) in [6.07, 6.45) is 1.75. The van der Waals surface area contributed by atoms with Crippen molar-refractivity contribution in [1.29, 1.82) is 0 Å².